The Morgan fingerprint density at radius 2 is 0.892 bits per heavy atom. The number of piperidine rings is 3. The lowest BCUT2D eigenvalue weighted by molar-refractivity contribution is -0.135. The van der Waals surface area contributed by atoms with E-state index < -0.39 is 0 Å². The summed E-state index contributed by atoms with van der Waals surface area (Å²) < 4.78 is 18.5. The van der Waals surface area contributed by atoms with Gasteiger partial charge in [0, 0.05) is 138 Å². The van der Waals surface area contributed by atoms with E-state index in [-0.39, 0.29) is 69.9 Å². The lowest BCUT2D eigenvalue weighted by atomic mass is 9.90. The molecule has 27 heteroatoms. The highest BCUT2D eigenvalue weighted by molar-refractivity contribution is 5.98. The van der Waals surface area contributed by atoms with Crippen molar-refractivity contribution in [3.63, 3.8) is 0 Å². The third-order valence-electron chi connectivity index (χ3n) is 22.4. The summed E-state index contributed by atoms with van der Waals surface area (Å²) >= 11 is 0. The Kier molecular flexibility index (Phi) is 19.5. The fourth-order valence-electron chi connectivity index (χ4n) is 15.6. The molecule has 4 saturated heterocycles. The van der Waals surface area contributed by atoms with E-state index >= 15 is 0 Å². The summed E-state index contributed by atoms with van der Waals surface area (Å²) in [4.78, 5) is 121. The van der Waals surface area contributed by atoms with Gasteiger partial charge in [0.1, 0.15) is 5.82 Å². The molecule has 530 valence electrons. The Bertz CT molecular complexity index is 4490. The zero-order chi connectivity index (χ0) is 70.7. The van der Waals surface area contributed by atoms with Crippen molar-refractivity contribution in [1.82, 2.24) is 75.6 Å². The van der Waals surface area contributed by atoms with Gasteiger partial charge in [-0.15, -0.1) is 5.10 Å². The molecule has 4 aliphatic heterocycles. The van der Waals surface area contributed by atoms with Gasteiger partial charge in [-0.25, -0.2) is 4.68 Å². The molecule has 5 N–H and O–H groups in total. The molecule has 7 aromatic heterocycles. The number of benzene rings is 2. The summed E-state index contributed by atoms with van der Waals surface area (Å²) in [5, 5.41) is 23.2. The van der Waals surface area contributed by atoms with Crippen molar-refractivity contribution in [3.05, 3.63) is 167 Å². The number of pyridine rings is 3. The van der Waals surface area contributed by atoms with Crippen LogP contribution in [0, 0.1) is 40.9 Å². The number of amides is 8. The number of likely N-dealkylation sites (tertiary alicyclic amines) is 3. The fourth-order valence-corrected chi connectivity index (χ4v) is 15.6. The molecule has 2 aromatic carbocycles. The van der Waals surface area contributed by atoms with Gasteiger partial charge in [0.25, 0.3) is 29.5 Å². The van der Waals surface area contributed by atoms with E-state index in [1.165, 1.54) is 0 Å². The number of tetrazole rings is 1. The standard InChI is InChI=1S/C26H27N7O3.C25H26N4O4.C24H31N5O4/c1-17-29-30-31-33(17)16-18-2-4-19(5-3-18)25(35)32-10-7-26(8-11-32)13-21(26)14-28-24(34)22-12-20-6-9-27-15-23(20)36-22;26-22(30)11-16-1-3-17(4-2-16)24(32)29-9-6-25(7-10-29)13-19(25)14-28-23(31)20-12-18-5-8-27-15-21(18)33-20;1-17(30)28-10-8-27(9-11-28)16-22(31)29-6-3-24(4-7-29)13-19(24)14-26-23(32)20-12-18-2-5-25-15-21(18)33-20/h2-6,9,12,15,21H,7-8,10-11,13-14,16H2,1H3,(H,28,34);1-5,8,12,15,19H,6-7,9-11,13-14H2,(H2,26,30)(H,28,31);2,5,12,15,19H,3-4,6-11,13-14,16H2,1H3,(H,26,32). The number of aromatic nitrogens is 7. The number of nitrogens with two attached hydrogens (primary N) is 1. The minimum absolute atomic E-state index is 0.0142. The van der Waals surface area contributed by atoms with Gasteiger partial charge >= 0.3 is 0 Å². The number of fused-ring (bicyclic) bond motifs is 3. The number of hydrogen-bond acceptors (Lipinski definition) is 18. The van der Waals surface area contributed by atoms with Crippen LogP contribution in [0.4, 0.5) is 0 Å². The van der Waals surface area contributed by atoms with Gasteiger partial charge in [-0.2, -0.15) is 0 Å². The maximum absolute atomic E-state index is 13.1. The molecule has 3 saturated carbocycles. The van der Waals surface area contributed by atoms with Gasteiger partial charge in [0.05, 0.1) is 38.1 Å². The first kappa shape index (κ1) is 68.4. The Balaban J connectivity index is 0.000000130. The smallest absolute Gasteiger partial charge is 0.287 e. The minimum atomic E-state index is -0.388. The van der Waals surface area contributed by atoms with Crippen LogP contribution in [0.3, 0.4) is 0 Å². The first-order chi connectivity index (χ1) is 49.4. The highest BCUT2D eigenvalue weighted by Gasteiger charge is 2.57. The summed E-state index contributed by atoms with van der Waals surface area (Å²) in [6, 6.07) is 25.4. The molecule has 3 aliphatic carbocycles. The monoisotopic (exact) mass is 1380 g/mol. The van der Waals surface area contributed by atoms with Crippen LogP contribution < -0.4 is 21.7 Å². The molecule has 102 heavy (non-hydrogen) atoms. The predicted octanol–water partition coefficient (Wildman–Crippen LogP) is 6.72. The van der Waals surface area contributed by atoms with Crippen LogP contribution in [0.25, 0.3) is 32.9 Å². The Hall–Kier alpha value is -10.7. The maximum Gasteiger partial charge on any atom is 0.287 e. The minimum Gasteiger partial charge on any atom is -0.449 e. The summed E-state index contributed by atoms with van der Waals surface area (Å²) in [5.41, 5.74) is 10.9. The van der Waals surface area contributed by atoms with Gasteiger partial charge in [-0.3, -0.25) is 58.2 Å². The second-order valence-electron chi connectivity index (χ2n) is 28.7. The third-order valence-corrected chi connectivity index (χ3v) is 22.4. The second kappa shape index (κ2) is 29.1. The molecule has 0 bridgehead atoms. The molecular formula is C75H84N16O11. The normalized spacial score (nSPS) is 19.9. The van der Waals surface area contributed by atoms with Gasteiger partial charge in [-0.05, 0) is 181 Å². The topological polar surface area (TPSA) is 337 Å². The molecule has 3 spiro atoms. The van der Waals surface area contributed by atoms with Crippen molar-refractivity contribution in [2.45, 2.75) is 84.6 Å². The van der Waals surface area contributed by atoms with Gasteiger partial charge < -0.3 is 54.5 Å². The fraction of sp³-hybridized carbons (Fsp3) is 0.440. The molecule has 0 radical (unpaired) electrons. The first-order valence-corrected chi connectivity index (χ1v) is 35.3. The van der Waals surface area contributed by atoms with Gasteiger partial charge in [0.2, 0.25) is 17.7 Å². The van der Waals surface area contributed by atoms with Crippen LogP contribution in [0.2, 0.25) is 0 Å². The molecule has 16 rings (SSSR count). The number of primary amides is 1. The number of aryl methyl sites for hydroxylation is 1. The number of carbonyl (C=O) groups excluding carboxylic acids is 8. The first-order valence-electron chi connectivity index (χ1n) is 35.3. The van der Waals surface area contributed by atoms with E-state index in [2.05, 4.69) is 51.3 Å². The molecule has 8 amide bonds. The molecule has 11 heterocycles. The van der Waals surface area contributed by atoms with Crippen LogP contribution in [0.15, 0.2) is 135 Å². The zero-order valence-corrected chi connectivity index (χ0v) is 57.4. The van der Waals surface area contributed by atoms with Crippen LogP contribution in [0.1, 0.15) is 134 Å². The lowest BCUT2D eigenvalue weighted by Gasteiger charge is -2.37. The van der Waals surface area contributed by atoms with E-state index in [0.29, 0.717) is 122 Å². The Morgan fingerprint density at radius 1 is 0.500 bits per heavy atom. The summed E-state index contributed by atoms with van der Waals surface area (Å²) in [6.45, 7) is 13.7. The number of hydrogen-bond donors (Lipinski definition) is 4. The van der Waals surface area contributed by atoms with Crippen LogP contribution in [0.5, 0.6) is 0 Å². The number of piperazine rings is 1. The molecule has 7 aliphatic rings. The number of nitrogens with one attached hydrogen (secondary N) is 3. The molecule has 3 atom stereocenters. The predicted molar refractivity (Wildman–Crippen MR) is 373 cm³/mol. The summed E-state index contributed by atoms with van der Waals surface area (Å²) in [7, 11) is 0. The van der Waals surface area contributed by atoms with E-state index in [0.717, 1.165) is 130 Å². The summed E-state index contributed by atoms with van der Waals surface area (Å²) in [5.74, 6) is 2.41. The second-order valence-corrected chi connectivity index (χ2v) is 28.7. The molecule has 7 fully saturated rings. The van der Waals surface area contributed by atoms with Gasteiger partial charge in [0.15, 0.2) is 34.0 Å². The molecule has 3 unspecified atom stereocenters. The lowest BCUT2D eigenvalue weighted by Crippen LogP contribution is -2.52. The zero-order valence-electron chi connectivity index (χ0n) is 57.4. The maximum atomic E-state index is 13.1. The SMILES string of the molecule is CC(=O)N1CCN(CC(=O)N2CCC3(CC2)CC3CNC(=O)c2cc3ccncc3o2)CC1.Cc1nnnn1Cc1ccc(C(=O)N2CCC3(CC2)CC3CNC(=O)c2cc3ccncc3o2)cc1.NC(=O)Cc1ccc(C(=O)N2CCC3(CC2)CC3CNC(=O)c2cc3ccncc3o2)cc1. The number of rotatable bonds is 17. The Morgan fingerprint density at radius 3 is 1.25 bits per heavy atom. The van der Waals surface area contributed by atoms with E-state index in [1.54, 1.807) is 91.3 Å². The number of furan rings is 3. The quantitative estimate of drug-likeness (QED) is 0.0734. The Labute approximate surface area is 588 Å². The number of nitrogens with zero attached hydrogens (tertiary/aromatic N) is 12. The third kappa shape index (κ3) is 15.4. The van der Waals surface area contributed by atoms with Crippen molar-refractivity contribution in [2.24, 2.45) is 39.7 Å². The van der Waals surface area contributed by atoms with Crippen molar-refractivity contribution in [1.29, 1.82) is 0 Å². The highest BCUT2D eigenvalue weighted by atomic mass is 16.4. The van der Waals surface area contributed by atoms with E-state index in [1.807, 2.05) is 69.0 Å². The van der Waals surface area contributed by atoms with Crippen LogP contribution >= 0.6 is 0 Å². The number of carbonyl (C=O) groups is 8. The van der Waals surface area contributed by atoms with Crippen molar-refractivity contribution in [2.75, 3.05) is 91.6 Å². The highest BCUT2D eigenvalue weighted by Crippen LogP contribution is 2.61. The largest absolute Gasteiger partial charge is 0.449 e. The molecule has 27 nitrogen and oxygen atoms in total. The van der Waals surface area contributed by atoms with Gasteiger partial charge in [-0.1, -0.05) is 24.3 Å². The van der Waals surface area contributed by atoms with Crippen molar-refractivity contribution >= 4 is 80.2 Å². The summed E-state index contributed by atoms with van der Waals surface area (Å²) in [6.07, 6.45) is 19.1. The van der Waals surface area contributed by atoms with E-state index in [9.17, 15) is 38.4 Å². The van der Waals surface area contributed by atoms with E-state index in [4.69, 9.17) is 19.0 Å². The van der Waals surface area contributed by atoms with Crippen LogP contribution in [-0.2, 0) is 27.3 Å². The average Bonchev–Trinajstić information content (AvgIpc) is 1.60. The molecule has 9 aromatic rings. The molecular weight excluding hydrogens is 1300 g/mol. The van der Waals surface area contributed by atoms with Crippen LogP contribution in [-0.4, -0.2) is 199 Å². The average molecular weight is 1390 g/mol. The van der Waals surface area contributed by atoms with Crippen molar-refractivity contribution < 1.29 is 51.6 Å². The van der Waals surface area contributed by atoms with Crippen molar-refractivity contribution in [3.8, 4) is 0 Å².